The average molecular weight is 699 g/mol. The van der Waals surface area contributed by atoms with E-state index in [1.807, 2.05) is 19.1 Å². The molecule has 2 fully saturated rings. The van der Waals surface area contributed by atoms with E-state index in [-0.39, 0.29) is 35.2 Å². The molecule has 2 bridgehead atoms. The van der Waals surface area contributed by atoms with E-state index in [2.05, 4.69) is 37.5 Å². The van der Waals surface area contributed by atoms with Crippen molar-refractivity contribution in [3.8, 4) is 5.75 Å². The summed E-state index contributed by atoms with van der Waals surface area (Å²) in [4.78, 5) is 28.9. The van der Waals surface area contributed by atoms with Crippen LogP contribution in [-0.2, 0) is 26.5 Å². The molecule has 48 heavy (non-hydrogen) atoms. The molecule has 8 atom stereocenters. The molecule has 2 aromatic carbocycles. The first-order valence-electron chi connectivity index (χ1n) is 17.1. The molecule has 1 spiro atoms. The number of allylic oxidation sites excluding steroid dienone is 1. The Bertz CT molecular complexity index is 1750. The quantitative estimate of drug-likeness (QED) is 0.360. The Morgan fingerprint density at radius 2 is 2.06 bits per heavy atom. The zero-order valence-electron chi connectivity index (χ0n) is 27.5. The maximum Gasteiger partial charge on any atom is 0.327 e. The van der Waals surface area contributed by atoms with Crippen LogP contribution in [0.3, 0.4) is 0 Å². The summed E-state index contributed by atoms with van der Waals surface area (Å²) in [5.41, 5.74) is 3.30. The third kappa shape index (κ3) is 6.83. The number of nitrogens with one attached hydrogen (secondary N) is 2. The van der Waals surface area contributed by atoms with Crippen LogP contribution in [-0.4, -0.2) is 67.0 Å². The smallest absolute Gasteiger partial charge is 0.327 e. The van der Waals surface area contributed by atoms with Gasteiger partial charge in [-0.25, -0.2) is 13.4 Å². The summed E-state index contributed by atoms with van der Waals surface area (Å²) < 4.78 is 46.9. The van der Waals surface area contributed by atoms with Crippen LogP contribution in [0.5, 0.6) is 5.75 Å². The van der Waals surface area contributed by atoms with Crippen molar-refractivity contribution in [1.82, 2.24) is 10.0 Å². The van der Waals surface area contributed by atoms with Gasteiger partial charge in [0.25, 0.3) is 5.91 Å². The Balaban J connectivity index is 1.28. The number of carbonyl (C=O) groups excluding carboxylic acids is 2. The third-order valence-corrected chi connectivity index (χ3v) is 13.0. The van der Waals surface area contributed by atoms with Crippen molar-refractivity contribution in [2.45, 2.75) is 75.6 Å². The first-order valence-corrected chi connectivity index (χ1v) is 19.1. The highest BCUT2D eigenvalue weighted by atomic mass is 35.5. The Labute approximate surface area is 287 Å². The Morgan fingerprint density at radius 3 is 2.81 bits per heavy atom. The maximum absolute atomic E-state index is 14.2. The predicted molar refractivity (Wildman–Crippen MR) is 185 cm³/mol. The van der Waals surface area contributed by atoms with Gasteiger partial charge in [0.1, 0.15) is 21.8 Å². The summed E-state index contributed by atoms with van der Waals surface area (Å²) >= 11 is 6.43. The third-order valence-electron chi connectivity index (χ3n) is 10.8. The van der Waals surface area contributed by atoms with E-state index in [1.165, 1.54) is 11.1 Å². The van der Waals surface area contributed by atoms with Gasteiger partial charge in [-0.1, -0.05) is 36.7 Å². The highest BCUT2D eigenvalue weighted by Crippen LogP contribution is 2.47. The molecule has 3 amide bonds. The standard InChI is InChI=1S/C36H44ClFN4O5S/c1-22-5-3-7-32(46-2)27-11-8-25(27)18-42-20-36(14-4-6-23-15-26(37)10-12-28(23)36)21-47-33-13-9-24(16-31(33)42)34(43)40-48(45,19-22)41-35(44)39-30-17-29(30)38/h3,7,9-10,12-13,15-16,22,25,27,29-30,32H,4-6,8,11,14,17-21H2,1-2H3,(H2,39,40,41,43,44,45)/b7-3+/t22-,25-,27+,29+,30?,32-,36-,48?/m0/s1. The lowest BCUT2D eigenvalue weighted by molar-refractivity contribution is 0.0131. The minimum absolute atomic E-state index is 0.0456. The van der Waals surface area contributed by atoms with Crippen LogP contribution in [0, 0.1) is 17.8 Å². The summed E-state index contributed by atoms with van der Waals surface area (Å²) in [7, 11) is -1.81. The molecule has 12 heteroatoms. The van der Waals surface area contributed by atoms with Gasteiger partial charge in [-0.15, -0.1) is 4.36 Å². The van der Waals surface area contributed by atoms with Gasteiger partial charge in [0.05, 0.1) is 30.2 Å². The van der Waals surface area contributed by atoms with Crippen LogP contribution in [0.4, 0.5) is 14.9 Å². The molecule has 2 aliphatic heterocycles. The number of carbonyl (C=O) groups is 2. The highest BCUT2D eigenvalue weighted by molar-refractivity contribution is 7.92. The van der Waals surface area contributed by atoms with Crippen molar-refractivity contribution in [3.05, 3.63) is 70.3 Å². The van der Waals surface area contributed by atoms with Gasteiger partial charge in [0.15, 0.2) is 0 Å². The SMILES string of the molecule is CO[C@H]1/C=C/C[C@H](C)CS(=O)(NC(=O)NC2C[C@H]2F)=NC(=O)c2ccc3c(c2)N(C[C@@H]2CC[C@H]21)C[C@@]1(CCCc2cc(Cl)ccc21)CO3. The molecule has 2 N–H and O–H groups in total. The fraction of sp³-hybridized carbons (Fsp3) is 0.556. The second-order valence-electron chi connectivity index (χ2n) is 14.4. The highest BCUT2D eigenvalue weighted by Gasteiger charge is 2.44. The monoisotopic (exact) mass is 698 g/mol. The van der Waals surface area contributed by atoms with Gasteiger partial charge in [-0.05, 0) is 97.7 Å². The van der Waals surface area contributed by atoms with E-state index in [1.54, 1.807) is 25.3 Å². The maximum atomic E-state index is 14.2. The van der Waals surface area contributed by atoms with Crippen LogP contribution in [0.1, 0.15) is 66.9 Å². The van der Waals surface area contributed by atoms with Gasteiger partial charge in [0, 0.05) is 42.6 Å². The molecule has 2 heterocycles. The largest absolute Gasteiger partial charge is 0.490 e. The normalized spacial score (nSPS) is 35.1. The number of urea groups is 1. The van der Waals surface area contributed by atoms with Crippen LogP contribution < -0.4 is 19.7 Å². The van der Waals surface area contributed by atoms with Crippen LogP contribution in [0.15, 0.2) is 52.9 Å². The number of aryl methyl sites for hydroxylation is 1. The van der Waals surface area contributed by atoms with Gasteiger partial charge < -0.3 is 19.7 Å². The van der Waals surface area contributed by atoms with Crippen LogP contribution in [0.2, 0.25) is 5.02 Å². The number of benzene rings is 2. The molecule has 7 rings (SSSR count). The molecule has 0 aromatic heterocycles. The summed E-state index contributed by atoms with van der Waals surface area (Å²) in [6.07, 6.45) is 8.79. The molecule has 3 aliphatic carbocycles. The number of nitrogens with zero attached hydrogens (tertiary/aromatic N) is 2. The molecule has 9 nitrogen and oxygen atoms in total. The molecular formula is C36H44ClFN4O5S. The minimum atomic E-state index is -3.56. The lowest BCUT2D eigenvalue weighted by Crippen LogP contribution is -2.49. The summed E-state index contributed by atoms with van der Waals surface area (Å²) in [6, 6.07) is 10.0. The number of halogens is 2. The van der Waals surface area contributed by atoms with Gasteiger partial charge in [-0.2, -0.15) is 0 Å². The average Bonchev–Trinajstić information content (AvgIpc) is 3.75. The number of hydrogen-bond acceptors (Lipinski definition) is 6. The van der Waals surface area contributed by atoms with E-state index in [4.69, 9.17) is 21.1 Å². The van der Waals surface area contributed by atoms with E-state index >= 15 is 0 Å². The second-order valence-corrected chi connectivity index (χ2v) is 16.8. The van der Waals surface area contributed by atoms with E-state index in [0.29, 0.717) is 37.2 Å². The fourth-order valence-electron chi connectivity index (χ4n) is 8.02. The van der Waals surface area contributed by atoms with Crippen molar-refractivity contribution < 1.29 is 27.7 Å². The zero-order valence-corrected chi connectivity index (χ0v) is 29.0. The van der Waals surface area contributed by atoms with Crippen LogP contribution in [0.25, 0.3) is 0 Å². The Hall–Kier alpha value is -3.15. The van der Waals surface area contributed by atoms with Gasteiger partial charge in [0.2, 0.25) is 0 Å². The lowest BCUT2D eigenvalue weighted by Gasteiger charge is -2.46. The molecule has 258 valence electrons. The number of methoxy groups -OCH3 is 1. The number of hydrogen-bond donors (Lipinski definition) is 2. The first kappa shape index (κ1) is 33.4. The van der Waals surface area contributed by atoms with Gasteiger partial charge >= 0.3 is 6.03 Å². The Morgan fingerprint density at radius 1 is 1.23 bits per heavy atom. The molecule has 5 aliphatic rings. The van der Waals surface area contributed by atoms with Gasteiger partial charge in [-0.3, -0.25) is 9.52 Å². The minimum Gasteiger partial charge on any atom is -0.490 e. The van der Waals surface area contributed by atoms with E-state index in [9.17, 15) is 18.2 Å². The number of ether oxygens (including phenoxy) is 2. The Kier molecular flexibility index (Phi) is 9.23. The van der Waals surface area contributed by atoms with E-state index in [0.717, 1.165) is 49.4 Å². The summed E-state index contributed by atoms with van der Waals surface area (Å²) in [5, 5.41) is 3.23. The molecule has 0 saturated heterocycles. The molecule has 2 unspecified atom stereocenters. The number of fused-ring (bicyclic) bond motifs is 4. The number of rotatable bonds is 3. The van der Waals surface area contributed by atoms with E-state index < -0.39 is 34.1 Å². The van der Waals surface area contributed by atoms with Crippen molar-refractivity contribution in [2.75, 3.05) is 37.5 Å². The summed E-state index contributed by atoms with van der Waals surface area (Å²) in [5.74, 6) is 0.472. The molecule has 0 radical (unpaired) electrons. The second kappa shape index (κ2) is 13.3. The zero-order chi connectivity index (χ0) is 33.6. The fourth-order valence-corrected chi connectivity index (χ4v) is 10.1. The van der Waals surface area contributed by atoms with Crippen molar-refractivity contribution >= 4 is 39.1 Å². The van der Waals surface area contributed by atoms with Crippen molar-refractivity contribution in [2.24, 2.45) is 22.1 Å². The molecule has 2 aromatic rings. The first-order chi connectivity index (χ1) is 23.0. The topological polar surface area (TPSA) is 109 Å². The molecular weight excluding hydrogens is 655 g/mol. The van der Waals surface area contributed by atoms with Crippen molar-refractivity contribution in [3.63, 3.8) is 0 Å². The lowest BCUT2D eigenvalue weighted by atomic mass is 9.68. The van der Waals surface area contributed by atoms with Crippen LogP contribution >= 0.6 is 11.6 Å². The number of anilines is 1. The number of amides is 3. The predicted octanol–water partition coefficient (Wildman–Crippen LogP) is 6.38. The summed E-state index contributed by atoms with van der Waals surface area (Å²) in [6.45, 7) is 3.86. The number of alkyl halides is 1. The molecule has 2 saturated carbocycles. The van der Waals surface area contributed by atoms with Crippen molar-refractivity contribution in [1.29, 1.82) is 0 Å².